The molecular formula is C27H25F5N6O3S. The number of alkyl halides is 3. The lowest BCUT2D eigenvalue weighted by atomic mass is 10.0. The molecular weight excluding hydrogens is 583 g/mol. The number of nitrogens with zero attached hydrogens (tertiary/aromatic N) is 3. The normalized spacial score (nSPS) is 17.5. The molecule has 222 valence electrons. The first-order chi connectivity index (χ1) is 20.0. The fraction of sp³-hybridized carbons (Fsp3) is 0.296. The van der Waals surface area contributed by atoms with Gasteiger partial charge in [-0.3, -0.25) is 14.1 Å². The van der Waals surface area contributed by atoms with E-state index in [0.717, 1.165) is 18.2 Å². The van der Waals surface area contributed by atoms with E-state index in [1.807, 2.05) is 4.72 Å². The Morgan fingerprint density at radius 2 is 1.81 bits per heavy atom. The van der Waals surface area contributed by atoms with Crippen molar-refractivity contribution in [3.63, 3.8) is 0 Å². The van der Waals surface area contributed by atoms with Crippen LogP contribution < -0.4 is 20.9 Å². The number of sulfonamides is 1. The highest BCUT2D eigenvalue weighted by molar-refractivity contribution is 7.91. The number of pyridine rings is 1. The van der Waals surface area contributed by atoms with Crippen LogP contribution in [0.5, 0.6) is 0 Å². The first-order valence-corrected chi connectivity index (χ1v) is 14.5. The first-order valence-electron chi connectivity index (χ1n) is 12.8. The largest absolute Gasteiger partial charge is 0.350 e. The summed E-state index contributed by atoms with van der Waals surface area (Å²) in [6.07, 6.45) is -2.71. The van der Waals surface area contributed by atoms with Crippen molar-refractivity contribution < 1.29 is 30.4 Å². The standard InChI is InChI=1S/C27H25F5N6O3S/c28-17-9-18(12-33-11-17)35-27-34-10-16-8-20(26(39)38(13-22(29)30)25(16)36-27)19-6-7-21(24(32)23(19)31)37-42(40,41)14-15-4-2-1-3-5-15/h1-8,10,17-18,22,33,37H,9,11-14H2,(H,34,35,36)/t17-,18-/m0/s1. The first kappa shape index (κ1) is 29.4. The quantitative estimate of drug-likeness (QED) is 0.246. The van der Waals surface area contributed by atoms with E-state index in [1.165, 1.54) is 6.20 Å². The Bertz CT molecular complexity index is 1770. The van der Waals surface area contributed by atoms with Crippen LogP contribution in [0.4, 0.5) is 33.6 Å². The zero-order valence-corrected chi connectivity index (χ0v) is 22.6. The molecule has 0 aliphatic carbocycles. The topological polar surface area (TPSA) is 118 Å². The average molecular weight is 609 g/mol. The zero-order chi connectivity index (χ0) is 30.0. The van der Waals surface area contributed by atoms with Crippen LogP contribution in [-0.2, 0) is 22.3 Å². The lowest BCUT2D eigenvalue weighted by molar-refractivity contribution is 0.126. The van der Waals surface area contributed by atoms with Crippen LogP contribution in [0, 0.1) is 11.6 Å². The molecule has 0 bridgehead atoms. The van der Waals surface area contributed by atoms with Crippen LogP contribution in [0.1, 0.15) is 12.0 Å². The summed E-state index contributed by atoms with van der Waals surface area (Å²) in [4.78, 5) is 21.6. The molecule has 0 unspecified atom stereocenters. The van der Waals surface area contributed by atoms with E-state index in [0.29, 0.717) is 16.7 Å². The number of aromatic nitrogens is 3. The van der Waals surface area contributed by atoms with Gasteiger partial charge in [0.25, 0.3) is 12.0 Å². The third kappa shape index (κ3) is 6.51. The van der Waals surface area contributed by atoms with Crippen LogP contribution >= 0.6 is 0 Å². The Labute approximate surface area is 236 Å². The van der Waals surface area contributed by atoms with E-state index in [2.05, 4.69) is 20.6 Å². The van der Waals surface area contributed by atoms with Gasteiger partial charge in [0.05, 0.1) is 23.5 Å². The Balaban J connectivity index is 1.50. The molecule has 1 aliphatic rings. The maximum absolute atomic E-state index is 15.3. The minimum Gasteiger partial charge on any atom is -0.350 e. The molecule has 9 nitrogen and oxygen atoms in total. The number of benzene rings is 2. The molecule has 0 amide bonds. The van der Waals surface area contributed by atoms with E-state index in [-0.39, 0.29) is 36.0 Å². The molecule has 2 atom stereocenters. The molecule has 42 heavy (non-hydrogen) atoms. The Kier molecular flexibility index (Phi) is 8.41. The third-order valence-corrected chi connectivity index (χ3v) is 7.86. The molecule has 2 aromatic carbocycles. The molecule has 0 spiro atoms. The molecule has 4 aromatic rings. The van der Waals surface area contributed by atoms with E-state index < -0.39 is 68.9 Å². The number of piperidine rings is 1. The number of halogens is 5. The van der Waals surface area contributed by atoms with Gasteiger partial charge in [0.15, 0.2) is 11.6 Å². The predicted molar refractivity (Wildman–Crippen MR) is 148 cm³/mol. The fourth-order valence-electron chi connectivity index (χ4n) is 4.74. The summed E-state index contributed by atoms with van der Waals surface area (Å²) in [7, 11) is -4.13. The predicted octanol–water partition coefficient (Wildman–Crippen LogP) is 4.06. The van der Waals surface area contributed by atoms with Crippen LogP contribution in [0.3, 0.4) is 0 Å². The lowest BCUT2D eigenvalue weighted by Gasteiger charge is -2.26. The maximum Gasteiger partial charge on any atom is 0.260 e. The highest BCUT2D eigenvalue weighted by atomic mass is 32.2. The molecule has 1 fully saturated rings. The molecule has 1 aliphatic heterocycles. The van der Waals surface area contributed by atoms with Crippen molar-refractivity contribution in [3.05, 3.63) is 82.3 Å². The number of rotatable bonds is 9. The van der Waals surface area contributed by atoms with Crippen LogP contribution in [0.15, 0.2) is 59.5 Å². The summed E-state index contributed by atoms with van der Waals surface area (Å²) >= 11 is 0. The van der Waals surface area contributed by atoms with E-state index in [1.54, 1.807) is 30.3 Å². The van der Waals surface area contributed by atoms with E-state index >= 15 is 8.78 Å². The van der Waals surface area contributed by atoms with E-state index in [4.69, 9.17) is 0 Å². The minimum absolute atomic E-state index is 0.0251. The number of nitrogens with one attached hydrogen (secondary N) is 3. The van der Waals surface area contributed by atoms with Crippen molar-refractivity contribution in [2.75, 3.05) is 23.1 Å². The highest BCUT2D eigenvalue weighted by Crippen LogP contribution is 2.30. The lowest BCUT2D eigenvalue weighted by Crippen LogP contribution is -2.44. The number of fused-ring (bicyclic) bond motifs is 1. The number of anilines is 2. The Morgan fingerprint density at radius 3 is 2.52 bits per heavy atom. The molecule has 15 heteroatoms. The average Bonchev–Trinajstić information content (AvgIpc) is 2.93. The number of hydrogen-bond acceptors (Lipinski definition) is 7. The van der Waals surface area contributed by atoms with Gasteiger partial charge in [0, 0.05) is 42.7 Å². The molecule has 5 rings (SSSR count). The van der Waals surface area contributed by atoms with Crippen molar-refractivity contribution in [2.24, 2.45) is 0 Å². The van der Waals surface area contributed by atoms with Crippen molar-refractivity contribution in [1.82, 2.24) is 19.9 Å². The van der Waals surface area contributed by atoms with Gasteiger partial charge in [-0.15, -0.1) is 0 Å². The minimum atomic E-state index is -4.13. The van der Waals surface area contributed by atoms with Crippen LogP contribution in [0.2, 0.25) is 0 Å². The molecule has 0 radical (unpaired) electrons. The highest BCUT2D eigenvalue weighted by Gasteiger charge is 2.25. The Morgan fingerprint density at radius 1 is 1.05 bits per heavy atom. The van der Waals surface area contributed by atoms with Gasteiger partial charge < -0.3 is 10.6 Å². The summed E-state index contributed by atoms with van der Waals surface area (Å²) in [5.74, 6) is -3.66. The second-order valence-electron chi connectivity index (χ2n) is 9.81. The molecule has 3 heterocycles. The summed E-state index contributed by atoms with van der Waals surface area (Å²) in [6.45, 7) is -0.488. The van der Waals surface area contributed by atoms with Gasteiger partial charge in [-0.05, 0) is 23.8 Å². The molecule has 1 saturated heterocycles. The van der Waals surface area contributed by atoms with Gasteiger partial charge in [-0.25, -0.2) is 35.4 Å². The zero-order valence-electron chi connectivity index (χ0n) is 21.8. The second-order valence-corrected chi connectivity index (χ2v) is 11.5. The number of hydrogen-bond donors (Lipinski definition) is 3. The maximum atomic E-state index is 15.3. The molecule has 3 N–H and O–H groups in total. The van der Waals surface area contributed by atoms with Gasteiger partial charge in [-0.1, -0.05) is 30.3 Å². The van der Waals surface area contributed by atoms with Gasteiger partial charge in [0.1, 0.15) is 11.8 Å². The molecule has 0 saturated carbocycles. The van der Waals surface area contributed by atoms with Crippen LogP contribution in [-0.4, -0.2) is 54.7 Å². The summed E-state index contributed by atoms with van der Waals surface area (Å²) in [6, 6.07) is 10.7. The van der Waals surface area contributed by atoms with Crippen molar-refractivity contribution >= 4 is 32.7 Å². The van der Waals surface area contributed by atoms with Crippen molar-refractivity contribution in [2.45, 2.75) is 37.4 Å². The van der Waals surface area contributed by atoms with Crippen molar-refractivity contribution in [3.8, 4) is 11.1 Å². The summed E-state index contributed by atoms with van der Waals surface area (Å²) in [5, 5.41) is 5.89. The van der Waals surface area contributed by atoms with Gasteiger partial charge in [-0.2, -0.15) is 4.98 Å². The van der Waals surface area contributed by atoms with Gasteiger partial charge >= 0.3 is 0 Å². The van der Waals surface area contributed by atoms with Gasteiger partial charge in [0.2, 0.25) is 16.0 Å². The van der Waals surface area contributed by atoms with Crippen LogP contribution in [0.25, 0.3) is 22.2 Å². The molecule has 2 aromatic heterocycles. The SMILES string of the molecule is O=c1c(-c2ccc(NS(=O)(=O)Cc3ccccc3)c(F)c2F)cc2cnc(N[C@@H]3CNC[C@@H](F)C3)nc2n1CC(F)F. The second kappa shape index (κ2) is 12.0. The smallest absolute Gasteiger partial charge is 0.260 e. The third-order valence-electron chi connectivity index (χ3n) is 6.62. The Hall–Kier alpha value is -4.11. The van der Waals surface area contributed by atoms with E-state index in [9.17, 15) is 26.4 Å². The summed E-state index contributed by atoms with van der Waals surface area (Å²) < 4.78 is 98.9. The monoisotopic (exact) mass is 608 g/mol. The van der Waals surface area contributed by atoms with Crippen molar-refractivity contribution in [1.29, 1.82) is 0 Å². The fourth-order valence-corrected chi connectivity index (χ4v) is 5.94. The summed E-state index contributed by atoms with van der Waals surface area (Å²) in [5.41, 5.74) is -2.56.